The van der Waals surface area contributed by atoms with E-state index >= 15 is 0 Å². The zero-order valence-corrected chi connectivity index (χ0v) is 11.2. The van der Waals surface area contributed by atoms with Crippen molar-refractivity contribution in [1.29, 1.82) is 0 Å². The third kappa shape index (κ3) is 2.38. The average Bonchev–Trinajstić information content (AvgIpc) is 2.87. The maximum absolute atomic E-state index is 12.3. The maximum Gasteiger partial charge on any atom is 0.203 e. The van der Waals surface area contributed by atoms with Gasteiger partial charge in [0.1, 0.15) is 5.75 Å². The molecule has 0 fully saturated rings. The highest BCUT2D eigenvalue weighted by Gasteiger charge is 2.13. The van der Waals surface area contributed by atoms with Gasteiger partial charge in [-0.25, -0.2) is 0 Å². The standard InChI is InChI=1S/C14H15NO2S/c1-3-10-5-7-13(18-10)14(16)9-4-6-11(15)12(8-9)17-2/h4-8H,3,15H2,1-2H3. The summed E-state index contributed by atoms with van der Waals surface area (Å²) in [6.45, 7) is 2.08. The molecule has 0 amide bonds. The number of hydrogen-bond donors (Lipinski definition) is 1. The van der Waals surface area contributed by atoms with Crippen LogP contribution in [0.15, 0.2) is 30.3 Å². The molecule has 2 rings (SSSR count). The van der Waals surface area contributed by atoms with Crippen molar-refractivity contribution >= 4 is 22.8 Å². The van der Waals surface area contributed by atoms with Crippen LogP contribution in [-0.2, 0) is 6.42 Å². The van der Waals surface area contributed by atoms with E-state index in [2.05, 4.69) is 6.92 Å². The Hall–Kier alpha value is -1.81. The Morgan fingerprint density at radius 3 is 2.72 bits per heavy atom. The van der Waals surface area contributed by atoms with Crippen molar-refractivity contribution in [3.05, 3.63) is 45.6 Å². The molecule has 18 heavy (non-hydrogen) atoms. The molecule has 3 nitrogen and oxygen atoms in total. The summed E-state index contributed by atoms with van der Waals surface area (Å²) >= 11 is 1.53. The molecule has 2 N–H and O–H groups in total. The highest BCUT2D eigenvalue weighted by atomic mass is 32.1. The summed E-state index contributed by atoms with van der Waals surface area (Å²) in [7, 11) is 1.54. The van der Waals surface area contributed by atoms with E-state index in [4.69, 9.17) is 10.5 Å². The van der Waals surface area contributed by atoms with Gasteiger partial charge in [-0.05, 0) is 36.8 Å². The first-order valence-corrected chi connectivity index (χ1v) is 6.54. The number of ketones is 1. The molecule has 0 atom stereocenters. The largest absolute Gasteiger partial charge is 0.495 e. The fraction of sp³-hybridized carbons (Fsp3) is 0.214. The van der Waals surface area contributed by atoms with Gasteiger partial charge in [-0.2, -0.15) is 0 Å². The number of methoxy groups -OCH3 is 1. The summed E-state index contributed by atoms with van der Waals surface area (Å²) < 4.78 is 5.12. The molecule has 0 radical (unpaired) electrons. The fourth-order valence-corrected chi connectivity index (χ4v) is 2.59. The maximum atomic E-state index is 12.3. The quantitative estimate of drug-likeness (QED) is 0.679. The van der Waals surface area contributed by atoms with Crippen LogP contribution in [-0.4, -0.2) is 12.9 Å². The minimum absolute atomic E-state index is 0.0120. The summed E-state index contributed by atoms with van der Waals surface area (Å²) in [4.78, 5) is 14.2. The lowest BCUT2D eigenvalue weighted by atomic mass is 10.1. The van der Waals surface area contributed by atoms with E-state index in [9.17, 15) is 4.79 Å². The molecule has 0 aliphatic rings. The third-order valence-electron chi connectivity index (χ3n) is 2.73. The van der Waals surface area contributed by atoms with E-state index in [0.717, 1.165) is 11.3 Å². The highest BCUT2D eigenvalue weighted by molar-refractivity contribution is 7.14. The highest BCUT2D eigenvalue weighted by Crippen LogP contribution is 2.26. The Bertz CT molecular complexity index is 575. The van der Waals surface area contributed by atoms with Crippen LogP contribution in [0.25, 0.3) is 0 Å². The van der Waals surface area contributed by atoms with Gasteiger partial charge in [-0.15, -0.1) is 11.3 Å². The Kier molecular flexibility index (Phi) is 3.67. The second kappa shape index (κ2) is 5.23. The summed E-state index contributed by atoms with van der Waals surface area (Å²) in [5.41, 5.74) is 6.87. The van der Waals surface area contributed by atoms with Crippen molar-refractivity contribution < 1.29 is 9.53 Å². The van der Waals surface area contributed by atoms with Crippen molar-refractivity contribution in [2.45, 2.75) is 13.3 Å². The number of rotatable bonds is 4. The van der Waals surface area contributed by atoms with E-state index in [1.165, 1.54) is 16.2 Å². The summed E-state index contributed by atoms with van der Waals surface area (Å²) in [5.74, 6) is 0.547. The van der Waals surface area contributed by atoms with Gasteiger partial charge >= 0.3 is 0 Å². The van der Waals surface area contributed by atoms with Crippen LogP contribution < -0.4 is 10.5 Å². The summed E-state index contributed by atoms with van der Waals surface area (Å²) in [5, 5.41) is 0. The first-order chi connectivity index (χ1) is 8.65. The van der Waals surface area contributed by atoms with E-state index < -0.39 is 0 Å². The van der Waals surface area contributed by atoms with Gasteiger partial charge in [0, 0.05) is 10.4 Å². The number of nitrogens with two attached hydrogens (primary N) is 1. The minimum atomic E-state index is 0.0120. The van der Waals surface area contributed by atoms with Crippen LogP contribution in [0.5, 0.6) is 5.75 Å². The normalized spacial score (nSPS) is 10.3. The van der Waals surface area contributed by atoms with Gasteiger partial charge in [0.25, 0.3) is 0 Å². The van der Waals surface area contributed by atoms with Crippen molar-refractivity contribution in [3.63, 3.8) is 0 Å². The number of thiophene rings is 1. The van der Waals surface area contributed by atoms with Crippen molar-refractivity contribution in [1.82, 2.24) is 0 Å². The molecule has 0 saturated carbocycles. The molecule has 0 spiro atoms. The lowest BCUT2D eigenvalue weighted by Gasteiger charge is -2.06. The molecule has 1 aromatic heterocycles. The van der Waals surface area contributed by atoms with Gasteiger partial charge in [0.2, 0.25) is 5.78 Å². The number of hydrogen-bond acceptors (Lipinski definition) is 4. The Morgan fingerprint density at radius 2 is 2.11 bits per heavy atom. The molecule has 4 heteroatoms. The van der Waals surface area contributed by atoms with Crippen molar-refractivity contribution in [2.75, 3.05) is 12.8 Å². The molecular formula is C14H15NO2S. The number of carbonyl (C=O) groups is 1. The van der Waals surface area contributed by atoms with Gasteiger partial charge in [0.15, 0.2) is 0 Å². The Morgan fingerprint density at radius 1 is 1.33 bits per heavy atom. The molecule has 0 aliphatic heterocycles. The first-order valence-electron chi connectivity index (χ1n) is 5.72. The number of nitrogen functional groups attached to an aromatic ring is 1. The lowest BCUT2D eigenvalue weighted by Crippen LogP contribution is -2.00. The molecule has 0 bridgehead atoms. The van der Waals surface area contributed by atoms with Gasteiger partial charge in [-0.3, -0.25) is 4.79 Å². The van der Waals surface area contributed by atoms with Crippen LogP contribution >= 0.6 is 11.3 Å². The van der Waals surface area contributed by atoms with Crippen molar-refractivity contribution in [2.24, 2.45) is 0 Å². The number of anilines is 1. The number of aryl methyl sites for hydroxylation is 1. The Labute approximate surface area is 110 Å². The fourth-order valence-electron chi connectivity index (χ4n) is 1.68. The van der Waals surface area contributed by atoms with Crippen LogP contribution in [0.4, 0.5) is 5.69 Å². The van der Waals surface area contributed by atoms with E-state index in [-0.39, 0.29) is 5.78 Å². The molecular weight excluding hydrogens is 246 g/mol. The monoisotopic (exact) mass is 261 g/mol. The van der Waals surface area contributed by atoms with Crippen molar-refractivity contribution in [3.8, 4) is 5.75 Å². The van der Waals surface area contributed by atoms with E-state index in [1.54, 1.807) is 25.3 Å². The van der Waals surface area contributed by atoms with Gasteiger partial charge < -0.3 is 10.5 Å². The van der Waals surface area contributed by atoms with Crippen LogP contribution in [0.1, 0.15) is 27.0 Å². The predicted molar refractivity (Wildman–Crippen MR) is 74.5 cm³/mol. The molecule has 1 aromatic carbocycles. The molecule has 94 valence electrons. The molecule has 2 aromatic rings. The lowest BCUT2D eigenvalue weighted by molar-refractivity contribution is 0.104. The predicted octanol–water partition coefficient (Wildman–Crippen LogP) is 3.13. The second-order valence-electron chi connectivity index (χ2n) is 3.91. The number of ether oxygens (including phenoxy) is 1. The second-order valence-corrected chi connectivity index (χ2v) is 5.07. The van der Waals surface area contributed by atoms with E-state index in [0.29, 0.717) is 17.0 Å². The van der Waals surface area contributed by atoms with Crippen LogP contribution in [0.2, 0.25) is 0 Å². The molecule has 1 heterocycles. The third-order valence-corrected chi connectivity index (χ3v) is 3.96. The van der Waals surface area contributed by atoms with Crippen LogP contribution in [0.3, 0.4) is 0 Å². The molecule has 0 unspecified atom stereocenters. The number of benzene rings is 1. The topological polar surface area (TPSA) is 52.3 Å². The first kappa shape index (κ1) is 12.6. The molecule has 0 aliphatic carbocycles. The number of carbonyl (C=O) groups excluding carboxylic acids is 1. The molecule has 0 saturated heterocycles. The zero-order valence-electron chi connectivity index (χ0n) is 10.4. The van der Waals surface area contributed by atoms with Gasteiger partial charge in [0.05, 0.1) is 17.7 Å². The van der Waals surface area contributed by atoms with Gasteiger partial charge in [-0.1, -0.05) is 6.92 Å². The average molecular weight is 261 g/mol. The summed E-state index contributed by atoms with van der Waals surface area (Å²) in [6, 6.07) is 8.97. The zero-order chi connectivity index (χ0) is 13.1. The smallest absolute Gasteiger partial charge is 0.203 e. The summed E-state index contributed by atoms with van der Waals surface area (Å²) in [6.07, 6.45) is 0.947. The Balaban J connectivity index is 2.33. The van der Waals surface area contributed by atoms with Crippen LogP contribution in [0, 0.1) is 0 Å². The van der Waals surface area contributed by atoms with E-state index in [1.807, 2.05) is 12.1 Å². The SMILES string of the molecule is CCc1ccc(C(=O)c2ccc(N)c(OC)c2)s1. The minimum Gasteiger partial charge on any atom is -0.495 e.